The Morgan fingerprint density at radius 1 is 1.67 bits per heavy atom. The van der Waals surface area contributed by atoms with Gasteiger partial charge in [0.25, 0.3) is 0 Å². The van der Waals surface area contributed by atoms with Gasteiger partial charge in [-0.1, -0.05) is 11.6 Å². The molecule has 0 aliphatic carbocycles. The Kier molecular flexibility index (Phi) is 3.52. The zero-order chi connectivity index (χ0) is 11.6. The maximum atomic E-state index is 13.4. The zero-order valence-electron chi connectivity index (χ0n) is 8.30. The molecule has 0 saturated carbocycles. The molecular weight excluding hydrogens is 223 g/mol. The average molecular weight is 233 g/mol. The van der Waals surface area contributed by atoms with Crippen LogP contribution in [-0.4, -0.2) is 18.0 Å². The van der Waals surface area contributed by atoms with Crippen molar-refractivity contribution in [1.82, 2.24) is 0 Å². The number of phenolic OH excluding ortho intramolecular Hbond substituents is 1. The molecule has 0 aliphatic heterocycles. The van der Waals surface area contributed by atoms with Gasteiger partial charge in [-0.05, 0) is 6.92 Å². The van der Waals surface area contributed by atoms with E-state index in [0.717, 1.165) is 6.07 Å². The fourth-order valence-corrected chi connectivity index (χ4v) is 1.57. The van der Waals surface area contributed by atoms with Crippen LogP contribution in [0.3, 0.4) is 0 Å². The number of Topliss-reactive ketones (excluding diaryl/α,β-unsaturated/α-hetero) is 1. The number of hydrogen-bond acceptors (Lipinski definition) is 3. The summed E-state index contributed by atoms with van der Waals surface area (Å²) < 4.78 is 18.3. The van der Waals surface area contributed by atoms with E-state index in [1.165, 1.54) is 14.0 Å². The lowest BCUT2D eigenvalue weighted by molar-refractivity contribution is -0.116. The molecule has 0 bridgehead atoms. The summed E-state index contributed by atoms with van der Waals surface area (Å²) >= 11 is 5.73. The van der Waals surface area contributed by atoms with E-state index in [2.05, 4.69) is 0 Å². The molecule has 0 atom stereocenters. The van der Waals surface area contributed by atoms with Crippen molar-refractivity contribution in [2.24, 2.45) is 0 Å². The Hall–Kier alpha value is -1.29. The average Bonchev–Trinajstić information content (AvgIpc) is 2.13. The highest BCUT2D eigenvalue weighted by molar-refractivity contribution is 6.32. The first-order valence-electron chi connectivity index (χ1n) is 4.20. The lowest BCUT2D eigenvalue weighted by Gasteiger charge is -2.11. The molecule has 0 heterocycles. The van der Waals surface area contributed by atoms with Crippen LogP contribution in [-0.2, 0) is 11.2 Å². The van der Waals surface area contributed by atoms with Gasteiger partial charge in [-0.2, -0.15) is 0 Å². The minimum atomic E-state index is -0.869. The van der Waals surface area contributed by atoms with E-state index >= 15 is 0 Å². The molecule has 0 unspecified atom stereocenters. The molecule has 82 valence electrons. The Morgan fingerprint density at radius 3 is 2.73 bits per heavy atom. The third-order valence-electron chi connectivity index (χ3n) is 1.87. The van der Waals surface area contributed by atoms with Crippen LogP contribution in [0.25, 0.3) is 0 Å². The smallest absolute Gasteiger partial charge is 0.172 e. The van der Waals surface area contributed by atoms with Gasteiger partial charge < -0.3 is 9.84 Å². The zero-order valence-corrected chi connectivity index (χ0v) is 9.06. The Balaban J connectivity index is 3.36. The molecule has 1 aromatic rings. The molecule has 0 saturated heterocycles. The molecule has 5 heteroatoms. The maximum absolute atomic E-state index is 13.4. The van der Waals surface area contributed by atoms with Crippen molar-refractivity contribution in [2.45, 2.75) is 13.3 Å². The first-order valence-corrected chi connectivity index (χ1v) is 4.58. The quantitative estimate of drug-likeness (QED) is 0.870. The van der Waals surface area contributed by atoms with Crippen molar-refractivity contribution in [2.75, 3.05) is 7.11 Å². The number of benzene rings is 1. The summed E-state index contributed by atoms with van der Waals surface area (Å²) in [5.41, 5.74) is -0.0185. The first-order chi connectivity index (χ1) is 6.97. The number of hydrogen-bond donors (Lipinski definition) is 1. The van der Waals surface area contributed by atoms with Gasteiger partial charge in [0.15, 0.2) is 11.6 Å². The largest absolute Gasteiger partial charge is 0.505 e. The van der Waals surface area contributed by atoms with Crippen LogP contribution in [0.4, 0.5) is 4.39 Å². The van der Waals surface area contributed by atoms with Crippen molar-refractivity contribution in [3.05, 3.63) is 22.5 Å². The van der Waals surface area contributed by atoms with Gasteiger partial charge in [-0.3, -0.25) is 4.79 Å². The summed E-state index contributed by atoms with van der Waals surface area (Å²) in [7, 11) is 1.32. The van der Waals surface area contributed by atoms with Crippen LogP contribution in [0.5, 0.6) is 11.5 Å². The third-order valence-corrected chi connectivity index (χ3v) is 2.15. The summed E-state index contributed by atoms with van der Waals surface area (Å²) in [4.78, 5) is 10.9. The first kappa shape index (κ1) is 11.8. The molecule has 0 spiro atoms. The van der Waals surface area contributed by atoms with Gasteiger partial charge in [-0.15, -0.1) is 0 Å². The van der Waals surface area contributed by atoms with Crippen molar-refractivity contribution in [3.63, 3.8) is 0 Å². The van der Waals surface area contributed by atoms with Crippen LogP contribution < -0.4 is 4.74 Å². The topological polar surface area (TPSA) is 46.5 Å². The number of carbonyl (C=O) groups excluding carboxylic acids is 1. The molecule has 1 rings (SSSR count). The van der Waals surface area contributed by atoms with Crippen molar-refractivity contribution < 1.29 is 19.0 Å². The highest BCUT2D eigenvalue weighted by Crippen LogP contribution is 2.36. The van der Waals surface area contributed by atoms with Gasteiger partial charge in [0.2, 0.25) is 0 Å². The lowest BCUT2D eigenvalue weighted by atomic mass is 10.1. The monoisotopic (exact) mass is 232 g/mol. The van der Waals surface area contributed by atoms with Crippen molar-refractivity contribution in [3.8, 4) is 11.5 Å². The second kappa shape index (κ2) is 4.49. The van der Waals surface area contributed by atoms with Crippen molar-refractivity contribution >= 4 is 17.4 Å². The van der Waals surface area contributed by atoms with E-state index in [9.17, 15) is 14.3 Å². The van der Waals surface area contributed by atoms with E-state index in [1.54, 1.807) is 0 Å². The minimum absolute atomic E-state index is 0.0185. The second-order valence-electron chi connectivity index (χ2n) is 3.08. The normalized spacial score (nSPS) is 10.1. The highest BCUT2D eigenvalue weighted by Gasteiger charge is 2.18. The summed E-state index contributed by atoms with van der Waals surface area (Å²) in [6, 6.07) is 1.04. The molecule has 0 radical (unpaired) electrons. The van der Waals surface area contributed by atoms with Gasteiger partial charge in [0, 0.05) is 18.1 Å². The van der Waals surface area contributed by atoms with Gasteiger partial charge >= 0.3 is 0 Å². The fourth-order valence-electron chi connectivity index (χ4n) is 1.27. The van der Waals surface area contributed by atoms with E-state index < -0.39 is 11.6 Å². The summed E-state index contributed by atoms with van der Waals surface area (Å²) in [5.74, 6) is -1.61. The lowest BCUT2D eigenvalue weighted by Crippen LogP contribution is -2.03. The highest BCUT2D eigenvalue weighted by atomic mass is 35.5. The molecule has 0 aromatic heterocycles. The molecule has 0 fully saturated rings. The van der Waals surface area contributed by atoms with E-state index in [1.807, 2.05) is 0 Å². The van der Waals surface area contributed by atoms with Crippen molar-refractivity contribution in [1.29, 1.82) is 0 Å². The van der Waals surface area contributed by atoms with Crippen LogP contribution in [0.15, 0.2) is 6.07 Å². The fraction of sp³-hybridized carbons (Fsp3) is 0.300. The van der Waals surface area contributed by atoms with Gasteiger partial charge in [-0.25, -0.2) is 4.39 Å². The van der Waals surface area contributed by atoms with Gasteiger partial charge in [0.05, 0.1) is 12.1 Å². The van der Waals surface area contributed by atoms with Crippen LogP contribution >= 0.6 is 11.6 Å². The Labute approximate surface area is 91.4 Å². The number of rotatable bonds is 3. The summed E-state index contributed by atoms with van der Waals surface area (Å²) in [5, 5.41) is 9.26. The standard InChI is InChI=1S/C10H10ClFO3/c1-5(13)3-6-9(12)8(14)4-7(11)10(6)15-2/h4,14H,3H2,1-2H3. The second-order valence-corrected chi connectivity index (χ2v) is 3.49. The number of carbonyl (C=O) groups is 1. The minimum Gasteiger partial charge on any atom is -0.505 e. The molecule has 1 N–H and O–H groups in total. The number of phenols is 1. The number of methoxy groups -OCH3 is 1. The number of ether oxygens (including phenoxy) is 1. The molecular formula is C10H10ClFO3. The predicted octanol–water partition coefficient (Wildman–Crippen LogP) is 2.32. The number of aromatic hydroxyl groups is 1. The number of halogens is 2. The molecule has 3 nitrogen and oxygen atoms in total. The molecule has 0 amide bonds. The molecule has 1 aromatic carbocycles. The van der Waals surface area contributed by atoms with E-state index in [4.69, 9.17) is 16.3 Å². The Morgan fingerprint density at radius 2 is 2.27 bits per heavy atom. The Bertz CT molecular complexity index is 404. The molecule has 15 heavy (non-hydrogen) atoms. The number of ketones is 1. The molecule has 0 aliphatic rings. The van der Waals surface area contributed by atoms with Crippen LogP contribution in [0, 0.1) is 5.82 Å². The third kappa shape index (κ3) is 2.39. The summed E-state index contributed by atoms with van der Waals surface area (Å²) in [6.45, 7) is 1.32. The van der Waals surface area contributed by atoms with E-state index in [0.29, 0.717) is 0 Å². The SMILES string of the molecule is COc1c(Cl)cc(O)c(F)c1CC(C)=O. The maximum Gasteiger partial charge on any atom is 0.172 e. The van der Waals surface area contributed by atoms with Crippen LogP contribution in [0.1, 0.15) is 12.5 Å². The predicted molar refractivity (Wildman–Crippen MR) is 54.0 cm³/mol. The summed E-state index contributed by atoms with van der Waals surface area (Å²) in [6.07, 6.45) is -0.164. The van der Waals surface area contributed by atoms with Crippen LogP contribution in [0.2, 0.25) is 5.02 Å². The van der Waals surface area contributed by atoms with E-state index in [-0.39, 0.29) is 28.5 Å². The van der Waals surface area contributed by atoms with Gasteiger partial charge in [0.1, 0.15) is 11.5 Å².